The number of esters is 1. The molecule has 0 amide bonds. The average molecular weight is 232 g/mol. The van der Waals surface area contributed by atoms with E-state index in [1.165, 1.54) is 7.11 Å². The summed E-state index contributed by atoms with van der Waals surface area (Å²) in [5.41, 5.74) is 2.17. The first-order chi connectivity index (χ1) is 8.20. The fourth-order valence-corrected chi connectivity index (χ4v) is 2.16. The summed E-state index contributed by atoms with van der Waals surface area (Å²) in [5.74, 6) is -0.532. The van der Waals surface area contributed by atoms with E-state index in [0.717, 1.165) is 11.1 Å². The van der Waals surface area contributed by atoms with E-state index in [9.17, 15) is 9.90 Å². The summed E-state index contributed by atoms with van der Waals surface area (Å²) in [5, 5.41) is 9.76. The zero-order chi connectivity index (χ0) is 12.3. The van der Waals surface area contributed by atoms with Crippen molar-refractivity contribution in [3.8, 4) is 0 Å². The molecule has 0 aromatic heterocycles. The lowest BCUT2D eigenvalue weighted by Gasteiger charge is -2.20. The van der Waals surface area contributed by atoms with Crippen molar-refractivity contribution in [2.45, 2.75) is 18.9 Å². The van der Waals surface area contributed by atoms with Gasteiger partial charge in [-0.3, -0.25) is 4.79 Å². The number of carbonyl (C=O) groups is 1. The van der Waals surface area contributed by atoms with Gasteiger partial charge >= 0.3 is 5.97 Å². The fraction of sp³-hybridized carbons (Fsp3) is 0.357. The first kappa shape index (κ1) is 11.9. The van der Waals surface area contributed by atoms with E-state index in [0.29, 0.717) is 12.8 Å². The molecule has 1 aromatic rings. The Kier molecular flexibility index (Phi) is 3.59. The van der Waals surface area contributed by atoms with E-state index in [4.69, 9.17) is 4.74 Å². The predicted octanol–water partition coefficient (Wildman–Crippen LogP) is 1.80. The summed E-state index contributed by atoms with van der Waals surface area (Å²) in [6.07, 6.45) is 4.08. The minimum atomic E-state index is -0.590. The molecule has 1 aliphatic carbocycles. The SMILES string of the molecule is COC(=O)C1Cc2ccccc2/C=C\C(O)C1. The van der Waals surface area contributed by atoms with Crippen molar-refractivity contribution in [2.75, 3.05) is 7.11 Å². The second-order valence-corrected chi connectivity index (χ2v) is 4.29. The number of aliphatic hydroxyl groups excluding tert-OH is 1. The molecule has 17 heavy (non-hydrogen) atoms. The van der Waals surface area contributed by atoms with Gasteiger partial charge in [-0.25, -0.2) is 0 Å². The second-order valence-electron chi connectivity index (χ2n) is 4.29. The molecule has 2 atom stereocenters. The Bertz CT molecular complexity index is 437. The summed E-state index contributed by atoms with van der Waals surface area (Å²) in [7, 11) is 1.38. The quantitative estimate of drug-likeness (QED) is 0.751. The van der Waals surface area contributed by atoms with Crippen molar-refractivity contribution >= 4 is 12.0 Å². The average Bonchev–Trinajstić information content (AvgIpc) is 2.33. The standard InChI is InChI=1S/C14H16O3/c1-17-14(16)12-8-11-5-3-2-4-10(11)6-7-13(15)9-12/h2-7,12-13,15H,8-9H2,1H3/b7-6-. The number of hydrogen-bond donors (Lipinski definition) is 1. The van der Waals surface area contributed by atoms with Gasteiger partial charge in [-0.2, -0.15) is 0 Å². The van der Waals surface area contributed by atoms with Crippen LogP contribution in [-0.2, 0) is 16.0 Å². The number of aliphatic hydroxyl groups is 1. The first-order valence-corrected chi connectivity index (χ1v) is 5.72. The fourth-order valence-electron chi connectivity index (χ4n) is 2.16. The minimum absolute atomic E-state index is 0.255. The molecule has 1 N–H and O–H groups in total. The van der Waals surface area contributed by atoms with Crippen molar-refractivity contribution in [2.24, 2.45) is 5.92 Å². The zero-order valence-corrected chi connectivity index (χ0v) is 9.80. The molecule has 0 spiro atoms. The van der Waals surface area contributed by atoms with Crippen LogP contribution >= 0.6 is 0 Å². The van der Waals surface area contributed by atoms with E-state index in [1.54, 1.807) is 6.08 Å². The number of hydrogen-bond acceptors (Lipinski definition) is 3. The van der Waals surface area contributed by atoms with Crippen LogP contribution in [0.5, 0.6) is 0 Å². The van der Waals surface area contributed by atoms with Crippen LogP contribution in [0.15, 0.2) is 30.3 Å². The van der Waals surface area contributed by atoms with Crippen molar-refractivity contribution in [3.63, 3.8) is 0 Å². The molecule has 0 aliphatic heterocycles. The van der Waals surface area contributed by atoms with Gasteiger partial charge in [0.25, 0.3) is 0 Å². The Morgan fingerprint density at radius 3 is 2.94 bits per heavy atom. The molecule has 0 saturated heterocycles. The van der Waals surface area contributed by atoms with Crippen LogP contribution in [0.2, 0.25) is 0 Å². The summed E-state index contributed by atoms with van der Waals surface area (Å²) < 4.78 is 4.78. The molecule has 3 nitrogen and oxygen atoms in total. The number of benzene rings is 1. The number of fused-ring (bicyclic) bond motifs is 1. The van der Waals surface area contributed by atoms with Crippen LogP contribution in [0.1, 0.15) is 17.5 Å². The van der Waals surface area contributed by atoms with Gasteiger partial charge in [-0.05, 0) is 24.0 Å². The van der Waals surface area contributed by atoms with Gasteiger partial charge in [0.15, 0.2) is 0 Å². The van der Waals surface area contributed by atoms with Crippen molar-refractivity contribution in [1.82, 2.24) is 0 Å². The summed E-state index contributed by atoms with van der Waals surface area (Å²) in [4.78, 5) is 11.6. The molecular weight excluding hydrogens is 216 g/mol. The van der Waals surface area contributed by atoms with E-state index >= 15 is 0 Å². The highest BCUT2D eigenvalue weighted by atomic mass is 16.5. The Balaban J connectivity index is 2.32. The number of ether oxygens (including phenoxy) is 1. The van der Waals surface area contributed by atoms with E-state index < -0.39 is 6.10 Å². The summed E-state index contributed by atoms with van der Waals surface area (Å²) in [6, 6.07) is 7.90. The van der Waals surface area contributed by atoms with E-state index in [1.807, 2.05) is 30.3 Å². The van der Waals surface area contributed by atoms with Crippen molar-refractivity contribution in [1.29, 1.82) is 0 Å². The lowest BCUT2D eigenvalue weighted by atomic mass is 9.88. The molecule has 2 rings (SSSR count). The summed E-state index contributed by atoms with van der Waals surface area (Å²) >= 11 is 0. The van der Waals surface area contributed by atoms with Gasteiger partial charge in [-0.15, -0.1) is 0 Å². The molecular formula is C14H16O3. The Hall–Kier alpha value is -1.61. The maximum atomic E-state index is 11.6. The molecule has 0 bridgehead atoms. The molecule has 0 saturated carbocycles. The Morgan fingerprint density at radius 1 is 1.41 bits per heavy atom. The van der Waals surface area contributed by atoms with Gasteiger partial charge in [-0.1, -0.05) is 36.4 Å². The maximum Gasteiger partial charge on any atom is 0.309 e. The third-order valence-electron chi connectivity index (χ3n) is 3.08. The number of carbonyl (C=O) groups excluding carboxylic acids is 1. The van der Waals surface area contributed by atoms with Crippen LogP contribution in [-0.4, -0.2) is 24.3 Å². The van der Waals surface area contributed by atoms with Crippen molar-refractivity contribution in [3.05, 3.63) is 41.5 Å². The molecule has 0 fully saturated rings. The topological polar surface area (TPSA) is 46.5 Å². The van der Waals surface area contributed by atoms with Gasteiger partial charge in [0.2, 0.25) is 0 Å². The summed E-state index contributed by atoms with van der Waals surface area (Å²) in [6.45, 7) is 0. The van der Waals surface area contributed by atoms with E-state index in [2.05, 4.69) is 0 Å². The molecule has 0 heterocycles. The molecule has 1 aromatic carbocycles. The van der Waals surface area contributed by atoms with Crippen LogP contribution < -0.4 is 0 Å². The largest absolute Gasteiger partial charge is 0.469 e. The number of rotatable bonds is 1. The van der Waals surface area contributed by atoms with Crippen LogP contribution in [0.3, 0.4) is 0 Å². The highest BCUT2D eigenvalue weighted by Crippen LogP contribution is 2.23. The van der Waals surface area contributed by atoms with Crippen LogP contribution in [0.4, 0.5) is 0 Å². The lowest BCUT2D eigenvalue weighted by Crippen LogP contribution is -2.24. The minimum Gasteiger partial charge on any atom is -0.469 e. The number of methoxy groups -OCH3 is 1. The second kappa shape index (κ2) is 5.15. The molecule has 2 unspecified atom stereocenters. The Labute approximate surface area is 101 Å². The van der Waals surface area contributed by atoms with E-state index in [-0.39, 0.29) is 11.9 Å². The Morgan fingerprint density at radius 2 is 2.18 bits per heavy atom. The monoisotopic (exact) mass is 232 g/mol. The van der Waals surface area contributed by atoms with Gasteiger partial charge < -0.3 is 9.84 Å². The highest BCUT2D eigenvalue weighted by Gasteiger charge is 2.24. The van der Waals surface area contributed by atoms with Gasteiger partial charge in [0, 0.05) is 0 Å². The van der Waals surface area contributed by atoms with Crippen LogP contribution in [0.25, 0.3) is 6.08 Å². The lowest BCUT2D eigenvalue weighted by molar-refractivity contribution is -0.146. The molecule has 1 aliphatic rings. The highest BCUT2D eigenvalue weighted by molar-refractivity contribution is 5.73. The smallest absolute Gasteiger partial charge is 0.309 e. The molecule has 3 heteroatoms. The predicted molar refractivity (Wildman–Crippen MR) is 65.3 cm³/mol. The van der Waals surface area contributed by atoms with Crippen LogP contribution in [0, 0.1) is 5.92 Å². The molecule has 90 valence electrons. The zero-order valence-electron chi connectivity index (χ0n) is 9.80. The maximum absolute atomic E-state index is 11.6. The van der Waals surface area contributed by atoms with Crippen molar-refractivity contribution < 1.29 is 14.6 Å². The first-order valence-electron chi connectivity index (χ1n) is 5.72. The third kappa shape index (κ3) is 2.74. The van der Waals surface area contributed by atoms with Gasteiger partial charge in [0.1, 0.15) is 0 Å². The normalized spacial score (nSPS) is 25.3. The molecule has 0 radical (unpaired) electrons. The van der Waals surface area contributed by atoms with Gasteiger partial charge in [0.05, 0.1) is 19.1 Å². The third-order valence-corrected chi connectivity index (χ3v) is 3.08.